The molecule has 3 aromatic rings. The van der Waals surface area contributed by atoms with Gasteiger partial charge in [-0.15, -0.1) is 0 Å². The van der Waals surface area contributed by atoms with Crippen molar-refractivity contribution in [1.29, 1.82) is 0 Å². The van der Waals surface area contributed by atoms with Crippen molar-refractivity contribution in [2.24, 2.45) is 5.73 Å². The quantitative estimate of drug-likeness (QED) is 0.475. The number of anilines is 1. The number of nitro benzene ring substituents is 1. The number of hydrogen-bond acceptors (Lipinski definition) is 6. The molecule has 25 heavy (non-hydrogen) atoms. The number of fused-ring (bicyclic) bond motifs is 1. The van der Waals surface area contributed by atoms with Crippen molar-refractivity contribution in [3.8, 4) is 0 Å². The van der Waals surface area contributed by atoms with E-state index >= 15 is 0 Å². The van der Waals surface area contributed by atoms with Crippen molar-refractivity contribution in [3.63, 3.8) is 0 Å². The highest BCUT2D eigenvalue weighted by Crippen LogP contribution is 2.28. The second kappa shape index (κ2) is 6.40. The van der Waals surface area contributed by atoms with E-state index in [9.17, 15) is 19.7 Å². The van der Waals surface area contributed by atoms with Crippen LogP contribution in [0.1, 0.15) is 15.9 Å². The lowest BCUT2D eigenvalue weighted by Crippen LogP contribution is -2.11. The van der Waals surface area contributed by atoms with E-state index in [-0.39, 0.29) is 23.3 Å². The summed E-state index contributed by atoms with van der Waals surface area (Å²) < 4.78 is 0. The van der Waals surface area contributed by atoms with Crippen LogP contribution in [-0.2, 0) is 6.54 Å². The summed E-state index contributed by atoms with van der Waals surface area (Å²) in [7, 11) is 0. The molecular formula is C16H13N5O4. The van der Waals surface area contributed by atoms with Gasteiger partial charge >= 0.3 is 0 Å². The molecule has 0 atom stereocenters. The molecule has 3 rings (SSSR count). The lowest BCUT2D eigenvalue weighted by Gasteiger charge is -2.08. The van der Waals surface area contributed by atoms with Crippen molar-refractivity contribution >= 4 is 28.2 Å². The number of carbonyl (C=O) groups excluding carboxylic acids is 1. The van der Waals surface area contributed by atoms with Crippen LogP contribution < -0.4 is 16.6 Å². The topological polar surface area (TPSA) is 144 Å². The average Bonchev–Trinajstić information content (AvgIpc) is 2.59. The number of aromatic nitrogens is 2. The van der Waals surface area contributed by atoms with Crippen LogP contribution in [-0.4, -0.2) is 20.8 Å². The molecule has 4 N–H and O–H groups in total. The van der Waals surface area contributed by atoms with E-state index in [1.54, 1.807) is 24.3 Å². The van der Waals surface area contributed by atoms with E-state index in [1.807, 2.05) is 0 Å². The number of carbonyl (C=O) groups is 1. The molecule has 9 heteroatoms. The maximum Gasteiger partial charge on any atom is 0.293 e. The molecule has 0 radical (unpaired) electrons. The number of rotatable bonds is 5. The summed E-state index contributed by atoms with van der Waals surface area (Å²) in [6, 6.07) is 9.20. The molecule has 0 spiro atoms. The van der Waals surface area contributed by atoms with Gasteiger partial charge in [0.05, 0.1) is 22.2 Å². The summed E-state index contributed by atoms with van der Waals surface area (Å²) in [4.78, 5) is 39.9. The Morgan fingerprint density at radius 3 is 2.64 bits per heavy atom. The molecule has 0 fully saturated rings. The highest BCUT2D eigenvalue weighted by molar-refractivity contribution is 5.92. The predicted octanol–water partition coefficient (Wildman–Crippen LogP) is 1.54. The van der Waals surface area contributed by atoms with Gasteiger partial charge < -0.3 is 16.0 Å². The Labute approximate surface area is 140 Å². The minimum atomic E-state index is -0.565. The Hall–Kier alpha value is -3.75. The third kappa shape index (κ3) is 3.29. The summed E-state index contributed by atoms with van der Waals surface area (Å²) in [5, 5.41) is 14.4. The van der Waals surface area contributed by atoms with Gasteiger partial charge in [0.1, 0.15) is 5.69 Å². The van der Waals surface area contributed by atoms with E-state index in [4.69, 9.17) is 5.73 Å². The molecule has 0 aliphatic heterocycles. The Bertz CT molecular complexity index is 1030. The Kier molecular flexibility index (Phi) is 4.12. The zero-order valence-corrected chi connectivity index (χ0v) is 12.9. The molecule has 0 unspecified atom stereocenters. The first-order valence-electron chi connectivity index (χ1n) is 7.24. The number of primary amides is 1. The zero-order chi connectivity index (χ0) is 18.0. The maximum absolute atomic E-state index is 11.8. The zero-order valence-electron chi connectivity index (χ0n) is 12.9. The van der Waals surface area contributed by atoms with Crippen LogP contribution in [0, 0.1) is 10.1 Å². The number of hydrogen-bond donors (Lipinski definition) is 3. The van der Waals surface area contributed by atoms with Crippen molar-refractivity contribution in [3.05, 3.63) is 74.3 Å². The number of benzene rings is 2. The van der Waals surface area contributed by atoms with Gasteiger partial charge in [-0.25, -0.2) is 4.98 Å². The molecule has 126 valence electrons. The number of nitrogens with two attached hydrogens (primary N) is 1. The monoisotopic (exact) mass is 339 g/mol. The fourth-order valence-corrected chi connectivity index (χ4v) is 2.38. The lowest BCUT2D eigenvalue weighted by molar-refractivity contribution is -0.383. The number of nitro groups is 1. The SMILES string of the molecule is NC(=O)c1ccc(CNc2cc3nc[nH]c(=O)c3cc2[N+](=O)[O-])cc1. The molecule has 0 bridgehead atoms. The summed E-state index contributed by atoms with van der Waals surface area (Å²) >= 11 is 0. The van der Waals surface area contributed by atoms with Gasteiger partial charge in [-0.1, -0.05) is 12.1 Å². The number of aromatic amines is 1. The number of nitrogens with one attached hydrogen (secondary N) is 2. The molecule has 1 amide bonds. The van der Waals surface area contributed by atoms with E-state index in [0.29, 0.717) is 11.1 Å². The van der Waals surface area contributed by atoms with Gasteiger partial charge in [-0.3, -0.25) is 19.7 Å². The minimum Gasteiger partial charge on any atom is -0.375 e. The third-order valence-electron chi connectivity index (χ3n) is 3.68. The normalized spacial score (nSPS) is 10.6. The fourth-order valence-electron chi connectivity index (χ4n) is 2.38. The largest absolute Gasteiger partial charge is 0.375 e. The predicted molar refractivity (Wildman–Crippen MR) is 91.3 cm³/mol. The molecule has 0 saturated carbocycles. The Morgan fingerprint density at radius 2 is 2.00 bits per heavy atom. The summed E-state index contributed by atoms with van der Waals surface area (Å²) in [5.74, 6) is -0.527. The highest BCUT2D eigenvalue weighted by atomic mass is 16.6. The van der Waals surface area contributed by atoms with Crippen LogP contribution >= 0.6 is 0 Å². The molecule has 9 nitrogen and oxygen atoms in total. The van der Waals surface area contributed by atoms with E-state index < -0.39 is 16.4 Å². The van der Waals surface area contributed by atoms with Gasteiger partial charge in [0.2, 0.25) is 5.91 Å². The second-order valence-electron chi connectivity index (χ2n) is 5.29. The molecule has 0 aliphatic carbocycles. The fraction of sp³-hybridized carbons (Fsp3) is 0.0625. The van der Waals surface area contributed by atoms with Crippen LogP contribution in [0.4, 0.5) is 11.4 Å². The van der Waals surface area contributed by atoms with Gasteiger partial charge in [-0.2, -0.15) is 0 Å². The van der Waals surface area contributed by atoms with Crippen LogP contribution in [0.5, 0.6) is 0 Å². The van der Waals surface area contributed by atoms with Crippen molar-refractivity contribution in [2.75, 3.05) is 5.32 Å². The lowest BCUT2D eigenvalue weighted by atomic mass is 10.1. The smallest absolute Gasteiger partial charge is 0.293 e. The Balaban J connectivity index is 1.92. The van der Waals surface area contributed by atoms with Gasteiger partial charge in [0.15, 0.2) is 0 Å². The number of amides is 1. The molecule has 0 aliphatic rings. The van der Waals surface area contributed by atoms with E-state index in [0.717, 1.165) is 5.56 Å². The second-order valence-corrected chi connectivity index (χ2v) is 5.29. The summed E-state index contributed by atoms with van der Waals surface area (Å²) in [5.41, 5.74) is 6.29. The molecule has 0 saturated heterocycles. The third-order valence-corrected chi connectivity index (χ3v) is 3.68. The summed E-state index contributed by atoms with van der Waals surface area (Å²) in [6.07, 6.45) is 1.24. The van der Waals surface area contributed by atoms with Crippen molar-refractivity contribution in [1.82, 2.24) is 9.97 Å². The number of nitrogens with zero attached hydrogens (tertiary/aromatic N) is 2. The average molecular weight is 339 g/mol. The first-order chi connectivity index (χ1) is 12.0. The first kappa shape index (κ1) is 16.1. The van der Waals surface area contributed by atoms with E-state index in [2.05, 4.69) is 15.3 Å². The molecule has 1 heterocycles. The highest BCUT2D eigenvalue weighted by Gasteiger charge is 2.17. The first-order valence-corrected chi connectivity index (χ1v) is 7.24. The maximum atomic E-state index is 11.8. The van der Waals surface area contributed by atoms with Gasteiger partial charge in [-0.05, 0) is 23.8 Å². The van der Waals surface area contributed by atoms with Crippen LogP contribution in [0.25, 0.3) is 10.9 Å². The Morgan fingerprint density at radius 1 is 1.28 bits per heavy atom. The standard InChI is InChI=1S/C16H13N5O4/c17-15(22)10-3-1-9(2-4-10)7-18-13-6-12-11(5-14(13)21(24)25)16(23)20-8-19-12/h1-6,8,18H,7H2,(H2,17,22)(H,19,20,23). The van der Waals surface area contributed by atoms with Crippen LogP contribution in [0.3, 0.4) is 0 Å². The van der Waals surface area contributed by atoms with Gasteiger partial charge in [0.25, 0.3) is 11.2 Å². The summed E-state index contributed by atoms with van der Waals surface area (Å²) in [6.45, 7) is 0.286. The molecular weight excluding hydrogens is 326 g/mol. The molecule has 1 aromatic heterocycles. The van der Waals surface area contributed by atoms with E-state index in [1.165, 1.54) is 18.5 Å². The minimum absolute atomic E-state index is 0.144. The van der Waals surface area contributed by atoms with Crippen LogP contribution in [0.2, 0.25) is 0 Å². The molecule has 2 aromatic carbocycles. The number of H-pyrrole nitrogens is 1. The van der Waals surface area contributed by atoms with Crippen molar-refractivity contribution < 1.29 is 9.72 Å². The van der Waals surface area contributed by atoms with Crippen LogP contribution in [0.15, 0.2) is 47.5 Å². The van der Waals surface area contributed by atoms with Gasteiger partial charge in [0, 0.05) is 18.2 Å². The van der Waals surface area contributed by atoms with Crippen molar-refractivity contribution in [2.45, 2.75) is 6.54 Å².